The first kappa shape index (κ1) is 24.5. The Labute approximate surface area is 218 Å². The van der Waals surface area contributed by atoms with Crippen LogP contribution in [0.4, 0.5) is 0 Å². The number of benzene rings is 2. The van der Waals surface area contributed by atoms with Crippen molar-refractivity contribution in [2.24, 2.45) is 0 Å². The molecule has 4 nitrogen and oxygen atoms in total. The van der Waals surface area contributed by atoms with E-state index in [1.165, 1.54) is 11.1 Å². The first-order chi connectivity index (χ1) is 16.6. The maximum Gasteiger partial charge on any atom is 0.139 e. The molecule has 0 N–H and O–H groups in total. The van der Waals surface area contributed by atoms with Gasteiger partial charge in [0.25, 0.3) is 0 Å². The molecule has 0 aliphatic rings. The third-order valence-corrected chi connectivity index (χ3v) is 5.48. The van der Waals surface area contributed by atoms with Gasteiger partial charge in [-0.25, -0.2) is 0 Å². The van der Waals surface area contributed by atoms with Crippen molar-refractivity contribution < 1.29 is 24.5 Å². The summed E-state index contributed by atoms with van der Waals surface area (Å²) in [7, 11) is 0. The molecule has 0 aliphatic heterocycles. The maximum atomic E-state index is 5.99. The minimum absolute atomic E-state index is 0. The number of hydrogen-bond acceptors (Lipinski definition) is 4. The monoisotopic (exact) mass is 634 g/mol. The SMILES string of the molecule is Cc1c[c-]c(-c2ccc(C)cn2)cc1.Cc1cnc2c(c1)oc1c(-c3ccccn3)[c-]ccc12.[Ir]. The predicted molar refractivity (Wildman–Crippen MR) is 136 cm³/mol. The topological polar surface area (TPSA) is 51.8 Å². The summed E-state index contributed by atoms with van der Waals surface area (Å²) >= 11 is 0. The van der Waals surface area contributed by atoms with E-state index in [-0.39, 0.29) is 20.1 Å². The molecule has 0 aliphatic carbocycles. The van der Waals surface area contributed by atoms with Crippen molar-refractivity contribution in [2.45, 2.75) is 20.8 Å². The molecule has 4 heterocycles. The van der Waals surface area contributed by atoms with Crippen molar-refractivity contribution >= 4 is 22.1 Å². The van der Waals surface area contributed by atoms with E-state index < -0.39 is 0 Å². The molecular formula is C30H23IrN3O-2. The number of pyridine rings is 3. The fourth-order valence-corrected chi connectivity index (χ4v) is 3.70. The van der Waals surface area contributed by atoms with Gasteiger partial charge < -0.3 is 14.4 Å². The molecular weight excluding hydrogens is 611 g/mol. The quantitative estimate of drug-likeness (QED) is 0.188. The second-order valence-electron chi connectivity index (χ2n) is 8.27. The van der Waals surface area contributed by atoms with Crippen molar-refractivity contribution in [3.8, 4) is 22.5 Å². The van der Waals surface area contributed by atoms with Crippen LogP contribution in [0.15, 0.2) is 89.7 Å². The average Bonchev–Trinajstić information content (AvgIpc) is 3.24. The molecule has 0 saturated heterocycles. The van der Waals surface area contributed by atoms with Gasteiger partial charge in [0.1, 0.15) is 5.58 Å². The molecule has 35 heavy (non-hydrogen) atoms. The number of fused-ring (bicyclic) bond motifs is 3. The Balaban J connectivity index is 0.000000171. The average molecular weight is 634 g/mol. The minimum Gasteiger partial charge on any atom is -0.499 e. The Morgan fingerprint density at radius 3 is 2.29 bits per heavy atom. The number of hydrogen-bond donors (Lipinski definition) is 0. The Morgan fingerprint density at radius 2 is 1.57 bits per heavy atom. The molecule has 175 valence electrons. The fourth-order valence-electron chi connectivity index (χ4n) is 3.70. The van der Waals surface area contributed by atoms with E-state index in [2.05, 4.69) is 46.1 Å². The summed E-state index contributed by atoms with van der Waals surface area (Å²) in [5.74, 6) is 0. The van der Waals surface area contributed by atoms with Crippen molar-refractivity contribution in [3.05, 3.63) is 114 Å². The van der Waals surface area contributed by atoms with E-state index in [4.69, 9.17) is 4.42 Å². The zero-order valence-corrected chi connectivity index (χ0v) is 22.1. The molecule has 6 aromatic rings. The fraction of sp³-hybridized carbons (Fsp3) is 0.100. The molecule has 0 bridgehead atoms. The van der Waals surface area contributed by atoms with Crippen LogP contribution in [-0.4, -0.2) is 15.0 Å². The summed E-state index contributed by atoms with van der Waals surface area (Å²) in [6.45, 7) is 6.10. The van der Waals surface area contributed by atoms with Gasteiger partial charge in [0.2, 0.25) is 0 Å². The van der Waals surface area contributed by atoms with Crippen molar-refractivity contribution in [1.82, 2.24) is 15.0 Å². The number of rotatable bonds is 2. The van der Waals surface area contributed by atoms with Crippen LogP contribution >= 0.6 is 0 Å². The summed E-state index contributed by atoms with van der Waals surface area (Å²) in [4.78, 5) is 13.2. The Kier molecular flexibility index (Phi) is 7.50. The molecule has 0 spiro atoms. The normalized spacial score (nSPS) is 10.5. The minimum atomic E-state index is 0. The van der Waals surface area contributed by atoms with E-state index in [1.54, 1.807) is 6.20 Å². The predicted octanol–water partition coefficient (Wildman–Crippen LogP) is 7.31. The van der Waals surface area contributed by atoms with Crippen LogP contribution in [0.3, 0.4) is 0 Å². The molecule has 4 aromatic heterocycles. The Morgan fingerprint density at radius 1 is 0.743 bits per heavy atom. The van der Waals surface area contributed by atoms with E-state index in [9.17, 15) is 0 Å². The van der Waals surface area contributed by atoms with Gasteiger partial charge in [0, 0.05) is 38.7 Å². The smallest absolute Gasteiger partial charge is 0.139 e. The van der Waals surface area contributed by atoms with Gasteiger partial charge >= 0.3 is 0 Å². The molecule has 0 amide bonds. The molecule has 5 heteroatoms. The standard InChI is InChI=1S/C17H11N2O.C13H12N.Ir/c1-11-9-15-16(19-10-11)13-6-4-5-12(17(13)20-15)14-7-2-3-8-18-14;1-10-3-6-12(7-4-10)13-8-5-11(2)9-14-13;/h2-4,6-10H,1H3;3-6,8-9H,1-2H3;/q2*-1;. The van der Waals surface area contributed by atoms with Crippen molar-refractivity contribution in [3.63, 3.8) is 0 Å². The van der Waals surface area contributed by atoms with Crippen LogP contribution in [0.2, 0.25) is 0 Å². The third-order valence-electron chi connectivity index (χ3n) is 5.48. The zero-order valence-electron chi connectivity index (χ0n) is 19.7. The van der Waals surface area contributed by atoms with Crippen LogP contribution in [0, 0.1) is 32.9 Å². The zero-order chi connectivity index (χ0) is 23.5. The van der Waals surface area contributed by atoms with E-state index in [1.807, 2.05) is 80.8 Å². The van der Waals surface area contributed by atoms with Gasteiger partial charge in [0.05, 0.1) is 11.1 Å². The molecule has 1 radical (unpaired) electrons. The second kappa shape index (κ2) is 10.7. The molecule has 0 atom stereocenters. The van der Waals surface area contributed by atoms with Crippen LogP contribution in [0.5, 0.6) is 0 Å². The van der Waals surface area contributed by atoms with E-state index >= 15 is 0 Å². The summed E-state index contributed by atoms with van der Waals surface area (Å²) in [5.41, 5.74) is 9.73. The van der Waals surface area contributed by atoms with Gasteiger partial charge in [-0.2, -0.15) is 0 Å². The first-order valence-electron chi connectivity index (χ1n) is 11.1. The third kappa shape index (κ3) is 5.37. The molecule has 0 saturated carbocycles. The van der Waals surface area contributed by atoms with Gasteiger partial charge in [-0.1, -0.05) is 36.8 Å². The number of aryl methyl sites for hydroxylation is 3. The van der Waals surface area contributed by atoms with Gasteiger partial charge in [0.15, 0.2) is 0 Å². The van der Waals surface area contributed by atoms with Crippen molar-refractivity contribution in [1.29, 1.82) is 0 Å². The van der Waals surface area contributed by atoms with Gasteiger partial charge in [-0.05, 0) is 53.9 Å². The van der Waals surface area contributed by atoms with E-state index in [0.29, 0.717) is 0 Å². The summed E-state index contributed by atoms with van der Waals surface area (Å²) < 4.78 is 5.99. The largest absolute Gasteiger partial charge is 0.499 e. The first-order valence-corrected chi connectivity index (χ1v) is 11.1. The molecule has 6 rings (SSSR count). The molecule has 2 aromatic carbocycles. The Bertz CT molecular complexity index is 1510. The number of furan rings is 1. The molecule has 0 unspecified atom stereocenters. The van der Waals surface area contributed by atoms with Crippen LogP contribution in [-0.2, 0) is 20.1 Å². The maximum absolute atomic E-state index is 5.99. The van der Waals surface area contributed by atoms with Crippen LogP contribution in [0.1, 0.15) is 16.7 Å². The van der Waals surface area contributed by atoms with E-state index in [0.717, 1.165) is 50.1 Å². The van der Waals surface area contributed by atoms with Gasteiger partial charge in [-0.15, -0.1) is 53.6 Å². The summed E-state index contributed by atoms with van der Waals surface area (Å²) in [5, 5.41) is 0.999. The summed E-state index contributed by atoms with van der Waals surface area (Å²) in [6.07, 6.45) is 5.50. The number of nitrogens with zero attached hydrogens (tertiary/aromatic N) is 3. The Hall–Kier alpha value is -3.66. The number of aromatic nitrogens is 3. The summed E-state index contributed by atoms with van der Waals surface area (Å²) in [6, 6.07) is 28.3. The van der Waals surface area contributed by atoms with Gasteiger partial charge in [-0.3, -0.25) is 4.98 Å². The van der Waals surface area contributed by atoms with Crippen LogP contribution in [0.25, 0.3) is 44.6 Å². The van der Waals surface area contributed by atoms with Crippen LogP contribution < -0.4 is 0 Å². The second-order valence-corrected chi connectivity index (χ2v) is 8.27. The van der Waals surface area contributed by atoms with Crippen molar-refractivity contribution in [2.75, 3.05) is 0 Å². The molecule has 0 fully saturated rings.